The van der Waals surface area contributed by atoms with E-state index in [1.54, 1.807) is 32.5 Å². The number of carbonyl (C=O) groups excluding carboxylic acids is 1. The Morgan fingerprint density at radius 1 is 0.875 bits per heavy atom. The molecule has 7 heteroatoms. The molecular weight excluding hydrogens is 522 g/mol. The zero-order valence-corrected chi connectivity index (χ0v) is 23.5. The van der Waals surface area contributed by atoms with Crippen molar-refractivity contribution in [2.24, 2.45) is 0 Å². The lowest BCUT2D eigenvalue weighted by Gasteiger charge is -2.22. The number of hydrogen-bond donors (Lipinski definition) is 2. The van der Waals surface area contributed by atoms with E-state index in [2.05, 4.69) is 59.9 Å². The fourth-order valence-electron chi connectivity index (χ4n) is 4.61. The number of rotatable bonds is 8. The van der Waals surface area contributed by atoms with Gasteiger partial charge in [-0.15, -0.1) is 11.8 Å². The molecule has 5 rings (SSSR count). The Morgan fingerprint density at radius 3 is 2.33 bits per heavy atom. The zero-order chi connectivity index (χ0) is 28.3. The fraction of sp³-hybridized carbons (Fsp3) is 0.212. The minimum atomic E-state index is -1.09. The average Bonchev–Trinajstić information content (AvgIpc) is 3.31. The summed E-state index contributed by atoms with van der Waals surface area (Å²) in [6, 6.07) is 29.8. The monoisotopic (exact) mass is 553 g/mol. The van der Waals surface area contributed by atoms with Crippen molar-refractivity contribution in [1.29, 1.82) is 0 Å². The van der Waals surface area contributed by atoms with Crippen molar-refractivity contribution < 1.29 is 23.8 Å². The molecule has 6 nitrogen and oxygen atoms in total. The van der Waals surface area contributed by atoms with Gasteiger partial charge < -0.3 is 19.6 Å². The molecule has 40 heavy (non-hydrogen) atoms. The van der Waals surface area contributed by atoms with Gasteiger partial charge in [0, 0.05) is 27.0 Å². The molecule has 0 bridgehead atoms. The molecule has 0 saturated carbocycles. The number of para-hydroxylation sites is 2. The third-order valence-corrected chi connectivity index (χ3v) is 7.44. The minimum absolute atomic E-state index is 0.264. The van der Waals surface area contributed by atoms with E-state index in [9.17, 15) is 14.7 Å². The molecule has 0 spiro atoms. The van der Waals surface area contributed by atoms with Crippen LogP contribution in [-0.2, 0) is 9.53 Å². The molecule has 1 heterocycles. The van der Waals surface area contributed by atoms with Crippen LogP contribution in [0.4, 0.5) is 4.79 Å². The SMILES string of the molecule is CC(C)(C)OC(=O)NC(CCSc1cccc(-c2cccc(-c3cccc4c3oc3ccccc34)c2)c1)C(=O)O. The van der Waals surface area contributed by atoms with Crippen molar-refractivity contribution in [3.63, 3.8) is 0 Å². The summed E-state index contributed by atoms with van der Waals surface area (Å²) in [6.07, 6.45) is -0.467. The van der Waals surface area contributed by atoms with Crippen LogP contribution in [-0.4, -0.2) is 34.6 Å². The Kier molecular flexibility index (Phi) is 7.85. The van der Waals surface area contributed by atoms with Gasteiger partial charge in [-0.1, -0.05) is 66.7 Å². The number of benzene rings is 4. The van der Waals surface area contributed by atoms with Gasteiger partial charge in [-0.3, -0.25) is 0 Å². The normalized spacial score (nSPS) is 12.4. The smallest absolute Gasteiger partial charge is 0.408 e. The lowest BCUT2D eigenvalue weighted by Crippen LogP contribution is -2.43. The van der Waals surface area contributed by atoms with Gasteiger partial charge in [-0.2, -0.15) is 0 Å². The van der Waals surface area contributed by atoms with E-state index >= 15 is 0 Å². The summed E-state index contributed by atoms with van der Waals surface area (Å²) in [5.74, 6) is -0.568. The standard InChI is InChI=1S/C33H31NO5S/c1-33(2,3)39-32(37)34-28(31(35)36)17-18-40-24-12-7-10-22(20-24)21-9-6-11-23(19-21)25-14-8-15-27-26-13-4-5-16-29(26)38-30(25)27/h4-16,19-20,28H,17-18H2,1-3H3,(H,34,37)(H,35,36). The van der Waals surface area contributed by atoms with Gasteiger partial charge in [0.05, 0.1) is 0 Å². The number of carboxylic acid groups (broad SMARTS) is 1. The number of carbonyl (C=O) groups is 2. The minimum Gasteiger partial charge on any atom is -0.480 e. The van der Waals surface area contributed by atoms with Crippen molar-refractivity contribution in [3.05, 3.63) is 91.0 Å². The summed E-state index contributed by atoms with van der Waals surface area (Å²) >= 11 is 1.55. The van der Waals surface area contributed by atoms with Crippen LogP contribution < -0.4 is 5.32 Å². The number of furan rings is 1. The third-order valence-electron chi connectivity index (χ3n) is 6.41. The molecule has 0 radical (unpaired) electrons. The van der Waals surface area contributed by atoms with Crippen LogP contribution in [0, 0.1) is 0 Å². The van der Waals surface area contributed by atoms with E-state index in [0.717, 1.165) is 49.1 Å². The Morgan fingerprint density at radius 2 is 1.55 bits per heavy atom. The highest BCUT2D eigenvalue weighted by atomic mass is 32.2. The van der Waals surface area contributed by atoms with Crippen LogP contribution >= 0.6 is 11.8 Å². The molecule has 1 amide bonds. The van der Waals surface area contributed by atoms with Crippen LogP contribution in [0.2, 0.25) is 0 Å². The first-order valence-corrected chi connectivity index (χ1v) is 14.1. The van der Waals surface area contributed by atoms with Crippen LogP contribution in [0.25, 0.3) is 44.2 Å². The number of aliphatic carboxylic acids is 1. The quantitative estimate of drug-likeness (QED) is 0.188. The summed E-state index contributed by atoms with van der Waals surface area (Å²) in [5.41, 5.74) is 5.29. The molecule has 5 aromatic rings. The second kappa shape index (κ2) is 11.5. The van der Waals surface area contributed by atoms with Gasteiger partial charge in [-0.25, -0.2) is 9.59 Å². The van der Waals surface area contributed by atoms with Gasteiger partial charge in [0.1, 0.15) is 22.8 Å². The molecule has 2 N–H and O–H groups in total. The maximum atomic E-state index is 12.0. The van der Waals surface area contributed by atoms with Gasteiger partial charge in [0.25, 0.3) is 0 Å². The fourth-order valence-corrected chi connectivity index (χ4v) is 5.58. The lowest BCUT2D eigenvalue weighted by atomic mass is 9.98. The number of amides is 1. The zero-order valence-electron chi connectivity index (χ0n) is 22.6. The molecule has 1 unspecified atom stereocenters. The molecule has 0 fully saturated rings. The average molecular weight is 554 g/mol. The highest BCUT2D eigenvalue weighted by Gasteiger charge is 2.23. The number of hydrogen-bond acceptors (Lipinski definition) is 5. The summed E-state index contributed by atoms with van der Waals surface area (Å²) < 4.78 is 11.5. The van der Waals surface area contributed by atoms with E-state index in [0.29, 0.717) is 5.75 Å². The van der Waals surface area contributed by atoms with Gasteiger partial charge >= 0.3 is 12.1 Å². The number of thioether (sulfide) groups is 1. The maximum absolute atomic E-state index is 12.0. The first-order valence-electron chi connectivity index (χ1n) is 13.1. The second-order valence-electron chi connectivity index (χ2n) is 10.6. The molecule has 4 aromatic carbocycles. The molecule has 204 valence electrons. The topological polar surface area (TPSA) is 88.8 Å². The van der Waals surface area contributed by atoms with Crippen molar-refractivity contribution >= 4 is 45.8 Å². The molecular formula is C33H31NO5S. The summed E-state index contributed by atoms with van der Waals surface area (Å²) in [7, 11) is 0. The Labute approximate surface area is 237 Å². The van der Waals surface area contributed by atoms with E-state index in [-0.39, 0.29) is 6.42 Å². The molecule has 1 aromatic heterocycles. The van der Waals surface area contributed by atoms with Gasteiger partial charge in [0.15, 0.2) is 0 Å². The van der Waals surface area contributed by atoms with Crippen molar-refractivity contribution in [2.75, 3.05) is 5.75 Å². The van der Waals surface area contributed by atoms with Gasteiger partial charge in [0.2, 0.25) is 0 Å². The second-order valence-corrected chi connectivity index (χ2v) is 11.7. The highest BCUT2D eigenvalue weighted by molar-refractivity contribution is 7.99. The van der Waals surface area contributed by atoms with Crippen LogP contribution in [0.1, 0.15) is 27.2 Å². The van der Waals surface area contributed by atoms with Crippen LogP contribution in [0.5, 0.6) is 0 Å². The Balaban J connectivity index is 1.31. The molecule has 0 saturated heterocycles. The van der Waals surface area contributed by atoms with E-state index in [1.807, 2.05) is 36.4 Å². The first kappa shape index (κ1) is 27.3. The first-order chi connectivity index (χ1) is 19.2. The predicted octanol–water partition coefficient (Wildman–Crippen LogP) is 8.38. The summed E-state index contributed by atoms with van der Waals surface area (Å²) in [4.78, 5) is 24.7. The maximum Gasteiger partial charge on any atom is 0.408 e. The van der Waals surface area contributed by atoms with Gasteiger partial charge in [-0.05, 0) is 68.1 Å². The van der Waals surface area contributed by atoms with E-state index in [1.165, 1.54) is 0 Å². The Hall–Kier alpha value is -4.23. The molecule has 0 aliphatic carbocycles. The lowest BCUT2D eigenvalue weighted by molar-refractivity contribution is -0.139. The van der Waals surface area contributed by atoms with Crippen molar-refractivity contribution in [3.8, 4) is 22.3 Å². The summed E-state index contributed by atoms with van der Waals surface area (Å²) in [5, 5.41) is 14.2. The van der Waals surface area contributed by atoms with E-state index < -0.39 is 23.7 Å². The number of nitrogens with one attached hydrogen (secondary N) is 1. The van der Waals surface area contributed by atoms with Crippen LogP contribution in [0.15, 0.2) is 100 Å². The molecule has 0 aliphatic rings. The summed E-state index contributed by atoms with van der Waals surface area (Å²) in [6.45, 7) is 5.21. The largest absolute Gasteiger partial charge is 0.480 e. The molecule has 1 atom stereocenters. The van der Waals surface area contributed by atoms with Crippen LogP contribution in [0.3, 0.4) is 0 Å². The van der Waals surface area contributed by atoms with E-state index in [4.69, 9.17) is 9.15 Å². The van der Waals surface area contributed by atoms with Crippen molar-refractivity contribution in [2.45, 2.75) is 43.7 Å². The third kappa shape index (κ3) is 6.32. The van der Waals surface area contributed by atoms with Crippen molar-refractivity contribution in [1.82, 2.24) is 5.32 Å². The number of alkyl carbamates (subject to hydrolysis) is 1. The Bertz CT molecular complexity index is 1680. The predicted molar refractivity (Wildman–Crippen MR) is 161 cm³/mol. The number of ether oxygens (including phenoxy) is 1. The number of fused-ring (bicyclic) bond motifs is 3. The highest BCUT2D eigenvalue weighted by Crippen LogP contribution is 2.37. The molecule has 0 aliphatic heterocycles. The number of carboxylic acids is 1.